The number of aliphatic hydroxyl groups is 1. The van der Waals surface area contributed by atoms with Crippen molar-refractivity contribution in [3.05, 3.63) is 18.0 Å². The molecule has 3 heteroatoms. The molecule has 2 aliphatic rings. The Kier molecular flexibility index (Phi) is 3.42. The molecule has 0 aromatic carbocycles. The Morgan fingerprint density at radius 1 is 1.17 bits per heavy atom. The summed E-state index contributed by atoms with van der Waals surface area (Å²) in [6.07, 6.45) is 13.6. The zero-order valence-corrected chi connectivity index (χ0v) is 11.1. The quantitative estimate of drug-likeness (QED) is 0.891. The fourth-order valence-electron chi connectivity index (χ4n) is 3.57. The first-order chi connectivity index (χ1) is 8.75. The van der Waals surface area contributed by atoms with Crippen LogP contribution in [0.15, 0.2) is 12.3 Å². The molecule has 100 valence electrons. The summed E-state index contributed by atoms with van der Waals surface area (Å²) < 4.78 is 2.13. The van der Waals surface area contributed by atoms with Crippen molar-refractivity contribution in [1.82, 2.24) is 9.78 Å². The standard InChI is InChI=1S/C15H24N2O/c18-15(9-4-1-5-10-15)12-13-8-11-17(16-13)14-6-2-3-7-14/h8,11,14,18H,1-7,9-10,12H2. The van der Waals surface area contributed by atoms with Crippen LogP contribution in [-0.4, -0.2) is 20.5 Å². The van der Waals surface area contributed by atoms with Gasteiger partial charge in [-0.1, -0.05) is 32.1 Å². The molecule has 0 bridgehead atoms. The van der Waals surface area contributed by atoms with Crippen molar-refractivity contribution < 1.29 is 5.11 Å². The van der Waals surface area contributed by atoms with Crippen molar-refractivity contribution in [2.24, 2.45) is 0 Å². The van der Waals surface area contributed by atoms with Crippen LogP contribution in [0.5, 0.6) is 0 Å². The van der Waals surface area contributed by atoms with Gasteiger partial charge in [0.15, 0.2) is 0 Å². The van der Waals surface area contributed by atoms with Crippen LogP contribution in [0.4, 0.5) is 0 Å². The zero-order chi connectivity index (χ0) is 12.4. The van der Waals surface area contributed by atoms with Gasteiger partial charge in [-0.15, -0.1) is 0 Å². The number of hydrogen-bond acceptors (Lipinski definition) is 2. The van der Waals surface area contributed by atoms with Crippen LogP contribution in [0.25, 0.3) is 0 Å². The molecule has 18 heavy (non-hydrogen) atoms. The highest BCUT2D eigenvalue weighted by molar-refractivity contribution is 5.05. The third-order valence-corrected chi connectivity index (χ3v) is 4.66. The molecule has 2 fully saturated rings. The van der Waals surface area contributed by atoms with E-state index in [0.29, 0.717) is 6.04 Å². The zero-order valence-electron chi connectivity index (χ0n) is 11.1. The molecular weight excluding hydrogens is 224 g/mol. The van der Waals surface area contributed by atoms with E-state index in [4.69, 9.17) is 0 Å². The molecule has 0 saturated heterocycles. The van der Waals surface area contributed by atoms with Crippen molar-refractivity contribution in [2.45, 2.75) is 75.9 Å². The van der Waals surface area contributed by atoms with Gasteiger partial charge in [-0.25, -0.2) is 0 Å². The third-order valence-electron chi connectivity index (χ3n) is 4.66. The molecule has 1 aromatic heterocycles. The molecule has 2 aliphatic carbocycles. The van der Waals surface area contributed by atoms with Crippen molar-refractivity contribution in [2.75, 3.05) is 0 Å². The Bertz CT molecular complexity index is 387. The molecule has 3 rings (SSSR count). The molecule has 2 saturated carbocycles. The molecule has 0 amide bonds. The topological polar surface area (TPSA) is 38.0 Å². The normalized spacial score (nSPS) is 24.5. The number of aromatic nitrogens is 2. The summed E-state index contributed by atoms with van der Waals surface area (Å²) >= 11 is 0. The number of nitrogens with zero attached hydrogens (tertiary/aromatic N) is 2. The van der Waals surface area contributed by atoms with Gasteiger partial charge in [0.2, 0.25) is 0 Å². The van der Waals surface area contributed by atoms with Gasteiger partial charge >= 0.3 is 0 Å². The smallest absolute Gasteiger partial charge is 0.0703 e. The second kappa shape index (κ2) is 5.04. The van der Waals surface area contributed by atoms with E-state index < -0.39 is 5.60 Å². The van der Waals surface area contributed by atoms with E-state index in [2.05, 4.69) is 22.0 Å². The maximum atomic E-state index is 10.6. The highest BCUT2D eigenvalue weighted by Gasteiger charge is 2.30. The minimum atomic E-state index is -0.479. The van der Waals surface area contributed by atoms with E-state index in [1.165, 1.54) is 44.9 Å². The first kappa shape index (κ1) is 12.2. The SMILES string of the molecule is OC1(Cc2ccn(C3CCCC3)n2)CCCCC1. The summed E-state index contributed by atoms with van der Waals surface area (Å²) in [5.41, 5.74) is 0.596. The second-order valence-corrected chi connectivity index (χ2v) is 6.19. The highest BCUT2D eigenvalue weighted by Crippen LogP contribution is 2.32. The average Bonchev–Trinajstić information content (AvgIpc) is 2.99. The van der Waals surface area contributed by atoms with Gasteiger partial charge < -0.3 is 5.11 Å². The summed E-state index contributed by atoms with van der Waals surface area (Å²) in [6, 6.07) is 2.71. The van der Waals surface area contributed by atoms with Gasteiger partial charge in [0.05, 0.1) is 17.3 Å². The van der Waals surface area contributed by atoms with E-state index in [0.717, 1.165) is 25.0 Å². The first-order valence-electron chi connectivity index (χ1n) is 7.52. The van der Waals surface area contributed by atoms with Gasteiger partial charge in [0.1, 0.15) is 0 Å². The lowest BCUT2D eigenvalue weighted by atomic mass is 9.82. The summed E-state index contributed by atoms with van der Waals surface area (Å²) in [7, 11) is 0. The Labute approximate surface area is 109 Å². The Morgan fingerprint density at radius 2 is 1.89 bits per heavy atom. The molecule has 1 aromatic rings. The van der Waals surface area contributed by atoms with Crippen LogP contribution >= 0.6 is 0 Å². The average molecular weight is 248 g/mol. The fraction of sp³-hybridized carbons (Fsp3) is 0.800. The van der Waals surface area contributed by atoms with Gasteiger partial charge in [-0.2, -0.15) is 5.10 Å². The van der Waals surface area contributed by atoms with Crippen LogP contribution in [-0.2, 0) is 6.42 Å². The fourth-order valence-corrected chi connectivity index (χ4v) is 3.57. The Balaban J connectivity index is 1.65. The number of rotatable bonds is 3. The van der Waals surface area contributed by atoms with Crippen LogP contribution in [0.1, 0.15) is 69.5 Å². The largest absolute Gasteiger partial charge is 0.389 e. The summed E-state index contributed by atoms with van der Waals surface area (Å²) in [5.74, 6) is 0. The van der Waals surface area contributed by atoms with E-state index in [1.807, 2.05) is 0 Å². The maximum Gasteiger partial charge on any atom is 0.0703 e. The lowest BCUT2D eigenvalue weighted by Gasteiger charge is -2.31. The van der Waals surface area contributed by atoms with E-state index in [-0.39, 0.29) is 0 Å². The predicted octanol–water partition coefficient (Wildman–Crippen LogP) is 3.24. The van der Waals surface area contributed by atoms with Gasteiger partial charge in [-0.3, -0.25) is 4.68 Å². The minimum Gasteiger partial charge on any atom is -0.389 e. The third kappa shape index (κ3) is 2.61. The minimum absolute atomic E-state index is 0.479. The molecule has 1 N–H and O–H groups in total. The molecule has 0 radical (unpaired) electrons. The summed E-state index contributed by atoms with van der Waals surface area (Å²) in [6.45, 7) is 0. The van der Waals surface area contributed by atoms with Crippen molar-refractivity contribution in [3.8, 4) is 0 Å². The summed E-state index contributed by atoms with van der Waals surface area (Å²) in [4.78, 5) is 0. The Morgan fingerprint density at radius 3 is 2.61 bits per heavy atom. The molecular formula is C15H24N2O. The second-order valence-electron chi connectivity index (χ2n) is 6.19. The van der Waals surface area contributed by atoms with E-state index in [9.17, 15) is 5.11 Å². The van der Waals surface area contributed by atoms with Gasteiger partial charge in [0.25, 0.3) is 0 Å². The Hall–Kier alpha value is -0.830. The van der Waals surface area contributed by atoms with Crippen LogP contribution in [0.2, 0.25) is 0 Å². The summed E-state index contributed by atoms with van der Waals surface area (Å²) in [5, 5.41) is 15.2. The van der Waals surface area contributed by atoms with Crippen LogP contribution in [0, 0.1) is 0 Å². The molecule has 0 atom stereocenters. The first-order valence-corrected chi connectivity index (χ1v) is 7.52. The van der Waals surface area contributed by atoms with E-state index >= 15 is 0 Å². The van der Waals surface area contributed by atoms with Crippen molar-refractivity contribution in [3.63, 3.8) is 0 Å². The molecule has 0 unspecified atom stereocenters. The van der Waals surface area contributed by atoms with Crippen LogP contribution < -0.4 is 0 Å². The molecule has 0 aliphatic heterocycles. The lowest BCUT2D eigenvalue weighted by molar-refractivity contribution is 0.00352. The number of hydrogen-bond donors (Lipinski definition) is 1. The highest BCUT2D eigenvalue weighted by atomic mass is 16.3. The van der Waals surface area contributed by atoms with E-state index in [1.54, 1.807) is 0 Å². The monoisotopic (exact) mass is 248 g/mol. The van der Waals surface area contributed by atoms with Gasteiger partial charge in [-0.05, 0) is 31.7 Å². The van der Waals surface area contributed by atoms with Crippen molar-refractivity contribution in [1.29, 1.82) is 0 Å². The van der Waals surface area contributed by atoms with Gasteiger partial charge in [0, 0.05) is 12.6 Å². The maximum absolute atomic E-state index is 10.6. The molecule has 1 heterocycles. The van der Waals surface area contributed by atoms with Crippen molar-refractivity contribution >= 4 is 0 Å². The lowest BCUT2D eigenvalue weighted by Crippen LogP contribution is -2.34. The predicted molar refractivity (Wildman–Crippen MR) is 71.5 cm³/mol. The molecule has 3 nitrogen and oxygen atoms in total. The molecule has 0 spiro atoms. The van der Waals surface area contributed by atoms with Crippen LogP contribution in [0.3, 0.4) is 0 Å².